The van der Waals surface area contributed by atoms with Crippen molar-refractivity contribution in [3.05, 3.63) is 35.4 Å². The first-order valence-corrected chi connectivity index (χ1v) is 6.21. The van der Waals surface area contributed by atoms with Crippen LogP contribution in [-0.4, -0.2) is 12.0 Å². The minimum Gasteiger partial charge on any atom is -0.165 e. The van der Waals surface area contributed by atoms with Gasteiger partial charge in [0, 0.05) is 0 Å². The maximum absolute atomic E-state index is 2.33. The van der Waals surface area contributed by atoms with Crippen molar-refractivity contribution in [3.8, 4) is 0 Å². The van der Waals surface area contributed by atoms with Gasteiger partial charge in [0.2, 0.25) is 0 Å². The third-order valence-electron chi connectivity index (χ3n) is 2.21. The molecule has 0 unspecified atom stereocenters. The van der Waals surface area contributed by atoms with Crippen LogP contribution in [0.3, 0.4) is 0 Å². The number of benzene rings is 1. The highest BCUT2D eigenvalue weighted by Gasteiger charge is 1.99. The fourth-order valence-electron chi connectivity index (χ4n) is 1.33. The second kappa shape index (κ2) is 5.33. The quantitative estimate of drug-likeness (QED) is 0.704. The Labute approximate surface area is 85.7 Å². The molecule has 0 aliphatic rings. The van der Waals surface area contributed by atoms with E-state index in [1.54, 1.807) is 0 Å². The molecule has 0 fully saturated rings. The molecule has 0 amide bonds. The van der Waals surface area contributed by atoms with Crippen LogP contribution in [0.1, 0.15) is 30.9 Å². The molecule has 0 saturated carbocycles. The summed E-state index contributed by atoms with van der Waals surface area (Å²) < 4.78 is 0. The van der Waals surface area contributed by atoms with Crippen LogP contribution in [-0.2, 0) is 6.42 Å². The first-order chi connectivity index (χ1) is 6.24. The van der Waals surface area contributed by atoms with Crippen LogP contribution in [0.5, 0.6) is 0 Å². The Bertz CT molecular complexity index is 253. The molecule has 0 bridgehead atoms. The van der Waals surface area contributed by atoms with E-state index in [0.717, 1.165) is 0 Å². The Balaban J connectivity index is 2.68. The average Bonchev–Trinajstić information content (AvgIpc) is 2.15. The SMILES string of the molecule is CSCCc1cccc(C(C)C)c1. The highest BCUT2D eigenvalue weighted by Crippen LogP contribution is 2.16. The Morgan fingerprint density at radius 1 is 1.31 bits per heavy atom. The van der Waals surface area contributed by atoms with Gasteiger partial charge in [-0.25, -0.2) is 0 Å². The topological polar surface area (TPSA) is 0 Å². The lowest BCUT2D eigenvalue weighted by Crippen LogP contribution is -1.92. The van der Waals surface area contributed by atoms with Gasteiger partial charge in [-0.15, -0.1) is 0 Å². The summed E-state index contributed by atoms with van der Waals surface area (Å²) in [6.45, 7) is 4.49. The van der Waals surface area contributed by atoms with E-state index in [1.807, 2.05) is 11.8 Å². The van der Waals surface area contributed by atoms with Gasteiger partial charge in [0.05, 0.1) is 0 Å². The van der Waals surface area contributed by atoms with Crippen LogP contribution in [0.25, 0.3) is 0 Å². The van der Waals surface area contributed by atoms with Gasteiger partial charge in [0.1, 0.15) is 0 Å². The smallest absolute Gasteiger partial charge is 0.00298 e. The Kier molecular flexibility index (Phi) is 4.37. The number of hydrogen-bond donors (Lipinski definition) is 0. The molecule has 0 N–H and O–H groups in total. The molecule has 0 atom stereocenters. The van der Waals surface area contributed by atoms with Crippen LogP contribution in [0.15, 0.2) is 24.3 Å². The van der Waals surface area contributed by atoms with Crippen LogP contribution in [0.4, 0.5) is 0 Å². The lowest BCUT2D eigenvalue weighted by atomic mass is 10.0. The lowest BCUT2D eigenvalue weighted by Gasteiger charge is -2.07. The van der Waals surface area contributed by atoms with E-state index in [0.29, 0.717) is 5.92 Å². The molecule has 0 nitrogen and oxygen atoms in total. The summed E-state index contributed by atoms with van der Waals surface area (Å²) in [4.78, 5) is 0. The van der Waals surface area contributed by atoms with E-state index in [2.05, 4.69) is 44.4 Å². The number of aryl methyl sites for hydroxylation is 1. The second-order valence-corrected chi connectivity index (χ2v) is 4.63. The molecule has 13 heavy (non-hydrogen) atoms. The minimum absolute atomic E-state index is 0.647. The summed E-state index contributed by atoms with van der Waals surface area (Å²) in [5.41, 5.74) is 2.93. The van der Waals surface area contributed by atoms with Gasteiger partial charge in [-0.3, -0.25) is 0 Å². The first kappa shape index (κ1) is 10.6. The summed E-state index contributed by atoms with van der Waals surface area (Å²) in [5, 5.41) is 0. The lowest BCUT2D eigenvalue weighted by molar-refractivity contribution is 0.863. The molecular weight excluding hydrogens is 176 g/mol. The van der Waals surface area contributed by atoms with E-state index < -0.39 is 0 Å². The van der Waals surface area contributed by atoms with Crippen molar-refractivity contribution in [3.63, 3.8) is 0 Å². The molecule has 0 radical (unpaired) electrons. The molecule has 1 aromatic carbocycles. The third kappa shape index (κ3) is 3.43. The van der Waals surface area contributed by atoms with Gasteiger partial charge in [-0.1, -0.05) is 38.1 Å². The van der Waals surface area contributed by atoms with E-state index >= 15 is 0 Å². The molecule has 0 spiro atoms. The van der Waals surface area contributed by atoms with E-state index in [4.69, 9.17) is 0 Å². The maximum atomic E-state index is 2.33. The van der Waals surface area contributed by atoms with Crippen LogP contribution in [0.2, 0.25) is 0 Å². The molecule has 1 heteroatoms. The number of thioether (sulfide) groups is 1. The van der Waals surface area contributed by atoms with Crippen molar-refractivity contribution < 1.29 is 0 Å². The average molecular weight is 194 g/mol. The minimum atomic E-state index is 0.647. The molecule has 72 valence electrons. The van der Waals surface area contributed by atoms with Crippen LogP contribution in [0, 0.1) is 0 Å². The van der Waals surface area contributed by atoms with Crippen molar-refractivity contribution in [1.29, 1.82) is 0 Å². The third-order valence-corrected chi connectivity index (χ3v) is 2.82. The van der Waals surface area contributed by atoms with Gasteiger partial charge in [0.15, 0.2) is 0 Å². The van der Waals surface area contributed by atoms with Gasteiger partial charge in [-0.05, 0) is 35.5 Å². The summed E-state index contributed by atoms with van der Waals surface area (Å²) in [6, 6.07) is 8.95. The molecule has 0 heterocycles. The summed E-state index contributed by atoms with van der Waals surface area (Å²) in [5.74, 6) is 1.87. The predicted octanol–water partition coefficient (Wildman–Crippen LogP) is 3.72. The molecule has 1 aromatic rings. The summed E-state index contributed by atoms with van der Waals surface area (Å²) >= 11 is 1.91. The number of hydrogen-bond acceptors (Lipinski definition) is 1. The largest absolute Gasteiger partial charge is 0.165 e. The van der Waals surface area contributed by atoms with Gasteiger partial charge in [0.25, 0.3) is 0 Å². The fraction of sp³-hybridized carbons (Fsp3) is 0.500. The normalized spacial score (nSPS) is 10.8. The summed E-state index contributed by atoms with van der Waals surface area (Å²) in [6.07, 6.45) is 3.36. The molecule has 0 aromatic heterocycles. The zero-order chi connectivity index (χ0) is 9.68. The molecule has 1 rings (SSSR count). The van der Waals surface area contributed by atoms with Gasteiger partial charge >= 0.3 is 0 Å². The van der Waals surface area contributed by atoms with Crippen molar-refractivity contribution in [2.75, 3.05) is 12.0 Å². The molecular formula is C12H18S. The van der Waals surface area contributed by atoms with Crippen LogP contribution >= 0.6 is 11.8 Å². The highest BCUT2D eigenvalue weighted by molar-refractivity contribution is 7.98. The Morgan fingerprint density at radius 2 is 2.08 bits per heavy atom. The zero-order valence-corrected chi connectivity index (χ0v) is 9.53. The monoisotopic (exact) mass is 194 g/mol. The first-order valence-electron chi connectivity index (χ1n) is 4.82. The van der Waals surface area contributed by atoms with Crippen molar-refractivity contribution in [1.82, 2.24) is 0 Å². The molecule has 0 aliphatic heterocycles. The van der Waals surface area contributed by atoms with Crippen molar-refractivity contribution >= 4 is 11.8 Å². The van der Waals surface area contributed by atoms with E-state index in [9.17, 15) is 0 Å². The Hall–Kier alpha value is -0.430. The van der Waals surface area contributed by atoms with Crippen molar-refractivity contribution in [2.24, 2.45) is 0 Å². The maximum Gasteiger partial charge on any atom is -0.00298 e. The van der Waals surface area contributed by atoms with Crippen molar-refractivity contribution in [2.45, 2.75) is 26.2 Å². The Morgan fingerprint density at radius 3 is 2.69 bits per heavy atom. The van der Waals surface area contributed by atoms with Gasteiger partial charge < -0.3 is 0 Å². The standard InChI is InChI=1S/C12H18S/c1-10(2)12-6-4-5-11(9-12)7-8-13-3/h4-6,9-10H,7-8H2,1-3H3. The van der Waals surface area contributed by atoms with E-state index in [1.165, 1.54) is 23.3 Å². The van der Waals surface area contributed by atoms with Gasteiger partial charge in [-0.2, -0.15) is 11.8 Å². The molecule has 0 aliphatic carbocycles. The number of rotatable bonds is 4. The van der Waals surface area contributed by atoms with E-state index in [-0.39, 0.29) is 0 Å². The highest BCUT2D eigenvalue weighted by atomic mass is 32.2. The predicted molar refractivity (Wildman–Crippen MR) is 62.6 cm³/mol. The van der Waals surface area contributed by atoms with Crippen LogP contribution < -0.4 is 0 Å². The second-order valence-electron chi connectivity index (χ2n) is 3.64. The zero-order valence-electron chi connectivity index (χ0n) is 8.71. The fourth-order valence-corrected chi connectivity index (χ4v) is 1.77. The molecule has 0 saturated heterocycles. The summed E-state index contributed by atoms with van der Waals surface area (Å²) in [7, 11) is 0.